The summed E-state index contributed by atoms with van der Waals surface area (Å²) in [5.74, 6) is -0.225. The molecule has 2 aromatic carbocycles. The molecule has 27 heavy (non-hydrogen) atoms. The highest BCUT2D eigenvalue weighted by molar-refractivity contribution is 8.15. The Hall–Kier alpha value is -2.60. The minimum Gasteiger partial charge on any atom is -0.326 e. The first kappa shape index (κ1) is 19.2. The van der Waals surface area contributed by atoms with Crippen LogP contribution in [0.4, 0.5) is 11.4 Å². The van der Waals surface area contributed by atoms with E-state index in [1.165, 1.54) is 11.8 Å². The minimum absolute atomic E-state index is 0.0570. The molecule has 1 saturated heterocycles. The number of carbonyl (C=O) groups excluding carboxylic acids is 2. The van der Waals surface area contributed by atoms with Crippen molar-refractivity contribution in [3.05, 3.63) is 60.2 Å². The largest absolute Gasteiger partial charge is 0.326 e. The molecular weight excluding hydrogens is 358 g/mol. The van der Waals surface area contributed by atoms with Crippen LogP contribution >= 0.6 is 11.8 Å². The maximum atomic E-state index is 12.7. The van der Waals surface area contributed by atoms with Gasteiger partial charge >= 0.3 is 0 Å². The third-order valence-electron chi connectivity index (χ3n) is 4.35. The quantitative estimate of drug-likeness (QED) is 0.814. The maximum Gasteiger partial charge on any atom is 0.242 e. The van der Waals surface area contributed by atoms with Crippen LogP contribution in [0.5, 0.6) is 0 Å². The van der Waals surface area contributed by atoms with Gasteiger partial charge in [-0.25, -0.2) is 4.99 Å². The van der Waals surface area contributed by atoms with E-state index in [9.17, 15) is 9.59 Å². The van der Waals surface area contributed by atoms with E-state index in [1.54, 1.807) is 4.90 Å². The third kappa shape index (κ3) is 4.57. The van der Waals surface area contributed by atoms with E-state index in [4.69, 9.17) is 4.99 Å². The van der Waals surface area contributed by atoms with Gasteiger partial charge in [-0.2, -0.15) is 0 Å². The molecule has 140 valence electrons. The second kappa shape index (κ2) is 8.86. The zero-order chi connectivity index (χ0) is 19.2. The van der Waals surface area contributed by atoms with E-state index >= 15 is 0 Å². The summed E-state index contributed by atoms with van der Waals surface area (Å²) in [7, 11) is 0. The van der Waals surface area contributed by atoms with E-state index in [0.717, 1.165) is 23.4 Å². The average Bonchev–Trinajstić information content (AvgIpc) is 2.97. The number of benzene rings is 2. The Kier molecular flexibility index (Phi) is 6.29. The summed E-state index contributed by atoms with van der Waals surface area (Å²) in [6.07, 6.45) is 1.00. The number of amidine groups is 1. The molecule has 1 aliphatic rings. The number of anilines is 1. The standard InChI is InChI=1S/C21H23N3O2S/c1-3-15-10-8-9-13-17(15)23-21-24(4-2)20(26)18(27-21)14-19(25)22-16-11-6-5-7-12-16/h5-13,18H,3-4,14H2,1-2H3,(H,22,25). The zero-order valence-corrected chi connectivity index (χ0v) is 16.3. The molecule has 2 aromatic rings. The van der Waals surface area contributed by atoms with Crippen molar-refractivity contribution < 1.29 is 9.59 Å². The molecule has 0 aliphatic carbocycles. The van der Waals surface area contributed by atoms with Gasteiger partial charge in [0.25, 0.3) is 0 Å². The van der Waals surface area contributed by atoms with Gasteiger partial charge in [0.2, 0.25) is 11.8 Å². The molecule has 0 bridgehead atoms. The van der Waals surface area contributed by atoms with Crippen LogP contribution in [0.15, 0.2) is 59.6 Å². The van der Waals surface area contributed by atoms with Gasteiger partial charge in [-0.3, -0.25) is 14.5 Å². The van der Waals surface area contributed by atoms with Crippen molar-refractivity contribution in [1.29, 1.82) is 0 Å². The lowest BCUT2D eigenvalue weighted by molar-refractivity contribution is -0.128. The van der Waals surface area contributed by atoms with Crippen molar-refractivity contribution in [3.63, 3.8) is 0 Å². The van der Waals surface area contributed by atoms with E-state index in [0.29, 0.717) is 11.7 Å². The highest BCUT2D eigenvalue weighted by Gasteiger charge is 2.38. The van der Waals surface area contributed by atoms with Crippen molar-refractivity contribution in [3.8, 4) is 0 Å². The van der Waals surface area contributed by atoms with E-state index in [1.807, 2.05) is 61.5 Å². The number of nitrogens with one attached hydrogen (secondary N) is 1. The molecule has 0 aromatic heterocycles. The monoisotopic (exact) mass is 381 g/mol. The number of amides is 2. The summed E-state index contributed by atoms with van der Waals surface area (Å²) >= 11 is 1.37. The van der Waals surface area contributed by atoms with Crippen LogP contribution in [0.1, 0.15) is 25.8 Å². The Bertz CT molecular complexity index is 852. The average molecular weight is 382 g/mol. The lowest BCUT2D eigenvalue weighted by Gasteiger charge is -2.14. The topological polar surface area (TPSA) is 61.8 Å². The zero-order valence-electron chi connectivity index (χ0n) is 15.5. The number of carbonyl (C=O) groups is 2. The number of hydrogen-bond donors (Lipinski definition) is 1. The molecule has 0 spiro atoms. The van der Waals surface area contributed by atoms with Crippen LogP contribution < -0.4 is 5.32 Å². The van der Waals surface area contributed by atoms with Gasteiger partial charge in [0.15, 0.2) is 5.17 Å². The second-order valence-corrected chi connectivity index (χ2v) is 7.35. The Labute approximate surface area is 163 Å². The van der Waals surface area contributed by atoms with Crippen LogP contribution in [-0.2, 0) is 16.0 Å². The van der Waals surface area contributed by atoms with Crippen LogP contribution in [-0.4, -0.2) is 33.7 Å². The van der Waals surface area contributed by atoms with Gasteiger partial charge in [-0.15, -0.1) is 0 Å². The summed E-state index contributed by atoms with van der Waals surface area (Å²) in [4.78, 5) is 31.5. The number of thioether (sulfide) groups is 1. The molecule has 0 saturated carbocycles. The SMILES string of the molecule is CCc1ccccc1N=C1SC(CC(=O)Nc2ccccc2)C(=O)N1CC. The first-order valence-corrected chi connectivity index (χ1v) is 9.99. The molecule has 1 aliphatic heterocycles. The number of aryl methyl sites for hydroxylation is 1. The van der Waals surface area contributed by atoms with Crippen molar-refractivity contribution in [2.24, 2.45) is 4.99 Å². The van der Waals surface area contributed by atoms with Gasteiger partial charge in [0.1, 0.15) is 5.25 Å². The third-order valence-corrected chi connectivity index (χ3v) is 5.53. The molecule has 2 amide bonds. The van der Waals surface area contributed by atoms with E-state index in [2.05, 4.69) is 12.2 Å². The Morgan fingerprint density at radius 3 is 2.52 bits per heavy atom. The normalized spacial score (nSPS) is 18.1. The number of aliphatic imine (C=N–C) groups is 1. The van der Waals surface area contributed by atoms with Crippen molar-refractivity contribution >= 4 is 40.1 Å². The minimum atomic E-state index is -0.443. The van der Waals surface area contributed by atoms with Gasteiger partial charge in [0.05, 0.1) is 5.69 Å². The summed E-state index contributed by atoms with van der Waals surface area (Å²) < 4.78 is 0. The molecule has 1 unspecified atom stereocenters. The first-order chi connectivity index (χ1) is 13.1. The molecule has 5 nitrogen and oxygen atoms in total. The highest BCUT2D eigenvalue weighted by Crippen LogP contribution is 2.32. The summed E-state index contributed by atoms with van der Waals surface area (Å²) in [5.41, 5.74) is 2.75. The van der Waals surface area contributed by atoms with Gasteiger partial charge in [0, 0.05) is 18.7 Å². The van der Waals surface area contributed by atoms with Gasteiger partial charge in [-0.1, -0.05) is 55.1 Å². The molecular formula is C21H23N3O2S. The maximum absolute atomic E-state index is 12.7. The lowest BCUT2D eigenvalue weighted by atomic mass is 10.1. The molecule has 1 atom stereocenters. The second-order valence-electron chi connectivity index (χ2n) is 6.18. The summed E-state index contributed by atoms with van der Waals surface area (Å²) in [6.45, 7) is 4.54. The molecule has 6 heteroatoms. The number of hydrogen-bond acceptors (Lipinski definition) is 4. The van der Waals surface area contributed by atoms with Crippen LogP contribution in [0.2, 0.25) is 0 Å². The van der Waals surface area contributed by atoms with Crippen LogP contribution in [0, 0.1) is 0 Å². The van der Waals surface area contributed by atoms with E-state index in [-0.39, 0.29) is 18.2 Å². The number of nitrogens with zero attached hydrogens (tertiary/aromatic N) is 2. The Morgan fingerprint density at radius 2 is 1.81 bits per heavy atom. The fourth-order valence-electron chi connectivity index (χ4n) is 2.94. The molecule has 1 fully saturated rings. The lowest BCUT2D eigenvalue weighted by Crippen LogP contribution is -2.33. The smallest absolute Gasteiger partial charge is 0.242 e. The Balaban J connectivity index is 1.74. The fraction of sp³-hybridized carbons (Fsp3) is 0.286. The summed E-state index contributed by atoms with van der Waals surface area (Å²) in [6, 6.07) is 17.2. The number of rotatable bonds is 6. The van der Waals surface area contributed by atoms with Gasteiger partial charge < -0.3 is 5.32 Å². The predicted octanol–water partition coefficient (Wildman–Crippen LogP) is 4.23. The molecule has 1 N–H and O–H groups in total. The van der Waals surface area contributed by atoms with Crippen molar-refractivity contribution in [2.75, 3.05) is 11.9 Å². The fourth-order valence-corrected chi connectivity index (χ4v) is 4.15. The predicted molar refractivity (Wildman–Crippen MR) is 111 cm³/mol. The molecule has 0 radical (unpaired) electrons. The van der Waals surface area contributed by atoms with Gasteiger partial charge in [-0.05, 0) is 37.1 Å². The van der Waals surface area contributed by atoms with E-state index < -0.39 is 5.25 Å². The molecule has 1 heterocycles. The Morgan fingerprint density at radius 1 is 1.11 bits per heavy atom. The van der Waals surface area contributed by atoms with Crippen LogP contribution in [0.25, 0.3) is 0 Å². The highest BCUT2D eigenvalue weighted by atomic mass is 32.2. The van der Waals surface area contributed by atoms with Crippen molar-refractivity contribution in [1.82, 2.24) is 4.90 Å². The summed E-state index contributed by atoms with van der Waals surface area (Å²) in [5, 5.41) is 3.07. The van der Waals surface area contributed by atoms with Crippen LogP contribution in [0.3, 0.4) is 0 Å². The van der Waals surface area contributed by atoms with Crippen molar-refractivity contribution in [2.45, 2.75) is 31.9 Å². The number of para-hydroxylation sites is 2. The first-order valence-electron chi connectivity index (χ1n) is 9.12. The molecule has 3 rings (SSSR count).